The van der Waals surface area contributed by atoms with Gasteiger partial charge in [-0.25, -0.2) is 9.50 Å². The fraction of sp³-hybridized carbons (Fsp3) is 0.579. The minimum atomic E-state index is -0.142. The topological polar surface area (TPSA) is 102 Å². The van der Waals surface area contributed by atoms with Crippen molar-refractivity contribution < 1.29 is 9.32 Å². The van der Waals surface area contributed by atoms with Crippen molar-refractivity contribution in [2.75, 3.05) is 13.1 Å². The van der Waals surface area contributed by atoms with E-state index in [1.165, 1.54) is 0 Å². The van der Waals surface area contributed by atoms with Gasteiger partial charge in [-0.3, -0.25) is 4.79 Å². The van der Waals surface area contributed by atoms with E-state index < -0.39 is 0 Å². The van der Waals surface area contributed by atoms with Crippen molar-refractivity contribution in [2.24, 2.45) is 5.92 Å². The lowest BCUT2D eigenvalue weighted by atomic mass is 9.94. The lowest BCUT2D eigenvalue weighted by Gasteiger charge is -2.31. The molecule has 0 bridgehead atoms. The molecule has 3 aromatic rings. The number of rotatable bonds is 4. The smallest absolute Gasteiger partial charge is 0.293 e. The number of nitrogens with zero attached hydrogens (tertiary/aromatic N) is 7. The van der Waals surface area contributed by atoms with Crippen molar-refractivity contribution >= 4 is 11.7 Å². The first-order valence-corrected chi connectivity index (χ1v) is 9.89. The van der Waals surface area contributed by atoms with Gasteiger partial charge in [0.2, 0.25) is 11.7 Å². The number of carbonyl (C=O) groups excluding carboxylic acids is 1. The first kappa shape index (κ1) is 17.3. The van der Waals surface area contributed by atoms with Crippen molar-refractivity contribution in [2.45, 2.75) is 51.9 Å². The summed E-state index contributed by atoms with van der Waals surface area (Å²) < 4.78 is 7.04. The molecule has 2 fully saturated rings. The highest BCUT2D eigenvalue weighted by molar-refractivity contribution is 5.91. The average Bonchev–Trinajstić information content (AvgIpc) is 3.27. The third kappa shape index (κ3) is 3.25. The van der Waals surface area contributed by atoms with Crippen LogP contribution in [0.15, 0.2) is 10.6 Å². The maximum absolute atomic E-state index is 13.0. The van der Waals surface area contributed by atoms with Crippen LogP contribution in [0.5, 0.6) is 0 Å². The van der Waals surface area contributed by atoms with Crippen LogP contribution in [0.2, 0.25) is 0 Å². The zero-order valence-corrected chi connectivity index (χ0v) is 16.1. The SMILES string of the molecule is Cc1cc(C)n2nc(C(=O)N3CCC[C@H](Cc4nc(C5CC5)no4)C3)nc2n1. The van der Waals surface area contributed by atoms with Crippen LogP contribution in [0, 0.1) is 19.8 Å². The monoisotopic (exact) mass is 381 g/mol. The molecule has 9 heteroatoms. The standard InChI is InChI=1S/C19H23N7O2/c1-11-8-12(2)26-19(20-11)22-17(23-26)18(27)25-7-3-4-13(10-25)9-15-21-16(24-28-15)14-5-6-14/h8,13-14H,3-7,9-10H2,1-2H3/t13-/m1/s1. The van der Waals surface area contributed by atoms with Crippen LogP contribution in [-0.4, -0.2) is 53.6 Å². The number of hydrogen-bond acceptors (Lipinski definition) is 7. The van der Waals surface area contributed by atoms with Gasteiger partial charge in [0.1, 0.15) is 0 Å². The molecule has 5 rings (SSSR count). The minimum absolute atomic E-state index is 0.142. The first-order chi connectivity index (χ1) is 13.6. The summed E-state index contributed by atoms with van der Waals surface area (Å²) in [6.45, 7) is 5.21. The second kappa shape index (κ2) is 6.65. The summed E-state index contributed by atoms with van der Waals surface area (Å²) in [4.78, 5) is 28.1. The predicted molar refractivity (Wildman–Crippen MR) is 98.9 cm³/mol. The Balaban J connectivity index is 1.30. The van der Waals surface area contributed by atoms with Crippen LogP contribution in [-0.2, 0) is 6.42 Å². The van der Waals surface area contributed by atoms with E-state index in [2.05, 4.69) is 25.2 Å². The molecule has 1 aliphatic heterocycles. The average molecular weight is 381 g/mol. The second-order valence-electron chi connectivity index (χ2n) is 7.97. The molecule has 1 saturated carbocycles. The minimum Gasteiger partial charge on any atom is -0.339 e. The molecule has 1 saturated heterocycles. The normalized spacial score (nSPS) is 20.1. The van der Waals surface area contributed by atoms with Gasteiger partial charge >= 0.3 is 0 Å². The number of fused-ring (bicyclic) bond motifs is 1. The van der Waals surface area contributed by atoms with Crippen molar-refractivity contribution in [3.63, 3.8) is 0 Å². The number of aromatic nitrogens is 6. The van der Waals surface area contributed by atoms with E-state index in [-0.39, 0.29) is 11.7 Å². The molecule has 0 N–H and O–H groups in total. The maximum Gasteiger partial charge on any atom is 0.293 e. The fourth-order valence-corrected chi connectivity index (χ4v) is 3.92. The maximum atomic E-state index is 13.0. The van der Waals surface area contributed by atoms with E-state index in [0.717, 1.165) is 42.9 Å². The molecule has 0 unspecified atom stereocenters. The summed E-state index contributed by atoms with van der Waals surface area (Å²) in [6.07, 6.45) is 5.02. The molecule has 0 aromatic carbocycles. The zero-order chi connectivity index (χ0) is 19.3. The molecule has 4 heterocycles. The second-order valence-corrected chi connectivity index (χ2v) is 7.97. The number of aryl methyl sites for hydroxylation is 2. The highest BCUT2D eigenvalue weighted by Gasteiger charge is 2.31. The summed E-state index contributed by atoms with van der Waals surface area (Å²) in [7, 11) is 0. The van der Waals surface area contributed by atoms with Gasteiger partial charge in [0.25, 0.3) is 11.7 Å². The van der Waals surface area contributed by atoms with Crippen molar-refractivity contribution in [1.82, 2.24) is 34.6 Å². The zero-order valence-electron chi connectivity index (χ0n) is 16.1. The lowest BCUT2D eigenvalue weighted by molar-refractivity contribution is 0.0656. The number of likely N-dealkylation sites (tertiary alicyclic amines) is 1. The molecule has 9 nitrogen and oxygen atoms in total. The van der Waals surface area contributed by atoms with Gasteiger partial charge in [0, 0.05) is 36.8 Å². The van der Waals surface area contributed by atoms with E-state index in [1.807, 2.05) is 24.8 Å². The summed E-state index contributed by atoms with van der Waals surface area (Å²) in [5.74, 6) is 2.85. The molecule has 0 spiro atoms. The van der Waals surface area contributed by atoms with Crippen LogP contribution in [0.25, 0.3) is 5.78 Å². The van der Waals surface area contributed by atoms with Crippen LogP contribution in [0.4, 0.5) is 0 Å². The molecule has 1 amide bonds. The molecule has 3 aromatic heterocycles. The summed E-state index contributed by atoms with van der Waals surface area (Å²) in [5.41, 5.74) is 1.77. The molecule has 1 aliphatic carbocycles. The van der Waals surface area contributed by atoms with Gasteiger partial charge in [-0.2, -0.15) is 9.97 Å². The van der Waals surface area contributed by atoms with Crippen LogP contribution >= 0.6 is 0 Å². The molecule has 2 aliphatic rings. The van der Waals surface area contributed by atoms with E-state index in [1.54, 1.807) is 4.52 Å². The summed E-state index contributed by atoms with van der Waals surface area (Å²) in [5, 5.41) is 8.47. The highest BCUT2D eigenvalue weighted by atomic mass is 16.5. The Morgan fingerprint density at radius 3 is 2.89 bits per heavy atom. The number of amides is 1. The van der Waals surface area contributed by atoms with E-state index in [4.69, 9.17) is 4.52 Å². The first-order valence-electron chi connectivity index (χ1n) is 9.89. The van der Waals surface area contributed by atoms with E-state index in [9.17, 15) is 4.79 Å². The highest BCUT2D eigenvalue weighted by Crippen LogP contribution is 2.38. The predicted octanol–water partition coefficient (Wildman–Crippen LogP) is 2.10. The Hall–Kier alpha value is -2.84. The van der Waals surface area contributed by atoms with Gasteiger partial charge in [-0.05, 0) is 51.5 Å². The molecule has 28 heavy (non-hydrogen) atoms. The summed E-state index contributed by atoms with van der Waals surface area (Å²) >= 11 is 0. The van der Waals surface area contributed by atoms with Gasteiger partial charge in [0.05, 0.1) is 0 Å². The number of carbonyl (C=O) groups is 1. The van der Waals surface area contributed by atoms with Crippen molar-refractivity contribution in [1.29, 1.82) is 0 Å². The quantitative estimate of drug-likeness (QED) is 0.682. The Morgan fingerprint density at radius 1 is 1.21 bits per heavy atom. The van der Waals surface area contributed by atoms with Crippen LogP contribution in [0.3, 0.4) is 0 Å². The van der Waals surface area contributed by atoms with Gasteiger partial charge in [-0.15, -0.1) is 5.10 Å². The van der Waals surface area contributed by atoms with Gasteiger partial charge < -0.3 is 9.42 Å². The van der Waals surface area contributed by atoms with E-state index in [0.29, 0.717) is 43.0 Å². The molecular formula is C19H23N7O2. The number of hydrogen-bond donors (Lipinski definition) is 0. The Kier molecular flexibility index (Phi) is 4.10. The van der Waals surface area contributed by atoms with Crippen molar-refractivity contribution in [3.8, 4) is 0 Å². The Labute approximate surface area is 162 Å². The Morgan fingerprint density at radius 2 is 2.07 bits per heavy atom. The van der Waals surface area contributed by atoms with Gasteiger partial charge in [-0.1, -0.05) is 5.16 Å². The van der Waals surface area contributed by atoms with Crippen LogP contribution < -0.4 is 0 Å². The van der Waals surface area contributed by atoms with Crippen molar-refractivity contribution in [3.05, 3.63) is 35.0 Å². The van der Waals surface area contributed by atoms with Crippen LogP contribution in [0.1, 0.15) is 65.3 Å². The van der Waals surface area contributed by atoms with Gasteiger partial charge in [0.15, 0.2) is 5.82 Å². The number of piperidine rings is 1. The Bertz CT molecular complexity index is 1040. The molecule has 146 valence electrons. The third-order valence-corrected chi connectivity index (χ3v) is 5.51. The largest absolute Gasteiger partial charge is 0.339 e. The van der Waals surface area contributed by atoms with E-state index >= 15 is 0 Å². The summed E-state index contributed by atoms with van der Waals surface area (Å²) in [6, 6.07) is 1.92. The molecule has 0 radical (unpaired) electrons. The third-order valence-electron chi connectivity index (χ3n) is 5.51. The molecular weight excluding hydrogens is 358 g/mol. The fourth-order valence-electron chi connectivity index (χ4n) is 3.92. The lowest BCUT2D eigenvalue weighted by Crippen LogP contribution is -2.41. The molecule has 1 atom stereocenters.